The lowest BCUT2D eigenvalue weighted by Crippen LogP contribution is -2.53. The number of hydrogen-bond acceptors (Lipinski definition) is 7. The van der Waals surface area contributed by atoms with Crippen molar-refractivity contribution in [2.24, 2.45) is 17.2 Å². The average molecular weight is 451 g/mol. The maximum Gasteiger partial charge on any atom is 0.323 e. The van der Waals surface area contributed by atoms with Crippen molar-refractivity contribution in [2.45, 2.75) is 56.7 Å². The molecule has 0 rings (SSSR count). The van der Waals surface area contributed by atoms with Crippen molar-refractivity contribution in [3.05, 3.63) is 11.1 Å². The van der Waals surface area contributed by atoms with Gasteiger partial charge in [0.05, 0.1) is 6.04 Å². The lowest BCUT2D eigenvalue weighted by Gasteiger charge is -2.21. The molecular formula is C17H25N9O6. The zero-order chi connectivity index (χ0) is 24.7. The van der Waals surface area contributed by atoms with Crippen LogP contribution in [0.2, 0.25) is 0 Å². The highest BCUT2D eigenvalue weighted by atomic mass is 16.2. The van der Waals surface area contributed by atoms with Crippen LogP contribution >= 0.6 is 0 Å². The molecule has 0 unspecified atom stereocenters. The van der Waals surface area contributed by atoms with Crippen molar-refractivity contribution >= 4 is 47.6 Å². The van der Waals surface area contributed by atoms with E-state index in [9.17, 15) is 28.8 Å². The summed E-state index contributed by atoms with van der Waals surface area (Å²) in [6.07, 6.45) is -0.126. The van der Waals surface area contributed by atoms with E-state index in [1.807, 2.05) is 0 Å². The Morgan fingerprint density at radius 1 is 0.750 bits per heavy atom. The number of nitrogens with one attached hydrogen (secondary N) is 2. The minimum Gasteiger partial charge on any atom is -0.368 e. The summed E-state index contributed by atoms with van der Waals surface area (Å²) in [5.41, 5.74) is 32.4. The van der Waals surface area contributed by atoms with Gasteiger partial charge in [0.2, 0.25) is 35.2 Å². The van der Waals surface area contributed by atoms with Crippen molar-refractivity contribution in [1.82, 2.24) is 10.6 Å². The van der Waals surface area contributed by atoms with Gasteiger partial charge in [0.15, 0.2) is 0 Å². The molecule has 0 aliphatic carbocycles. The van der Waals surface area contributed by atoms with Gasteiger partial charge in [-0.2, -0.15) is 9.58 Å². The summed E-state index contributed by atoms with van der Waals surface area (Å²) in [4.78, 5) is 75.4. The summed E-state index contributed by atoms with van der Waals surface area (Å²) >= 11 is 0. The fourth-order valence-corrected chi connectivity index (χ4v) is 2.35. The van der Waals surface area contributed by atoms with Gasteiger partial charge < -0.3 is 38.9 Å². The molecule has 0 radical (unpaired) electrons. The lowest BCUT2D eigenvalue weighted by atomic mass is 10.0. The molecule has 0 aromatic heterocycles. The van der Waals surface area contributed by atoms with Gasteiger partial charge in [-0.05, 0) is 19.3 Å². The van der Waals surface area contributed by atoms with E-state index in [0.29, 0.717) is 12.4 Å². The monoisotopic (exact) mass is 451 g/mol. The zero-order valence-corrected chi connectivity index (χ0v) is 17.1. The maximum atomic E-state index is 12.6. The smallest absolute Gasteiger partial charge is 0.323 e. The SMILES string of the molecule is [N-]=[N+]=CC(=O)CC[C@H](NC(=O)[C@H](CCC(=O)C=[N+]=[N-])NC(=O)CC[C@H](N)C(N)=O)C(N)=O. The molecular weight excluding hydrogens is 426 g/mol. The standard InChI is InChI=1S/C17H25N9O6/c18-11(15(19)30)3-6-14(29)25-13(5-2-10(28)8-24-22)17(32)26-12(16(20)31)4-1-9(27)7-23-21/h7-8,11-13H,1-6,18H2,(H2,19,30)(H2,20,31)(H,25,29)(H,26,32)/t11-,12-,13-/m0/s1. The third-order valence-electron chi connectivity index (χ3n) is 4.12. The molecule has 0 aromatic rings. The number of amides is 4. The van der Waals surface area contributed by atoms with Gasteiger partial charge in [-0.25, -0.2) is 0 Å². The molecule has 4 amide bonds. The Morgan fingerprint density at radius 3 is 1.69 bits per heavy atom. The Labute approximate surface area is 182 Å². The highest BCUT2D eigenvalue weighted by molar-refractivity contribution is 6.25. The first kappa shape index (κ1) is 27.9. The number of hydrogen-bond donors (Lipinski definition) is 5. The van der Waals surface area contributed by atoms with Gasteiger partial charge in [-0.15, -0.1) is 0 Å². The fraction of sp³-hybridized carbons (Fsp3) is 0.529. The second-order valence-electron chi connectivity index (χ2n) is 6.63. The number of primary amides is 2. The van der Waals surface area contributed by atoms with Crippen LogP contribution in [0, 0.1) is 0 Å². The first-order chi connectivity index (χ1) is 15.0. The number of carbonyl (C=O) groups is 6. The molecule has 15 nitrogen and oxygen atoms in total. The molecule has 8 N–H and O–H groups in total. The van der Waals surface area contributed by atoms with Crippen molar-refractivity contribution in [1.29, 1.82) is 0 Å². The van der Waals surface area contributed by atoms with Crippen molar-refractivity contribution in [3.8, 4) is 0 Å². The number of nitrogens with two attached hydrogens (primary N) is 3. The van der Waals surface area contributed by atoms with Crippen LogP contribution in [0.3, 0.4) is 0 Å². The zero-order valence-electron chi connectivity index (χ0n) is 17.1. The second-order valence-corrected chi connectivity index (χ2v) is 6.63. The van der Waals surface area contributed by atoms with Crippen LogP contribution in [-0.2, 0) is 28.8 Å². The Bertz CT molecular complexity index is 845. The molecule has 0 spiro atoms. The van der Waals surface area contributed by atoms with E-state index in [-0.39, 0.29) is 38.5 Å². The molecule has 0 heterocycles. The minimum absolute atomic E-state index is 0.0932. The highest BCUT2D eigenvalue weighted by Gasteiger charge is 2.27. The van der Waals surface area contributed by atoms with Crippen LogP contribution in [0.4, 0.5) is 0 Å². The first-order valence-corrected chi connectivity index (χ1v) is 9.36. The van der Waals surface area contributed by atoms with Crippen molar-refractivity contribution in [3.63, 3.8) is 0 Å². The molecule has 0 aliphatic heterocycles. The van der Waals surface area contributed by atoms with Crippen LogP contribution in [0.25, 0.3) is 11.1 Å². The number of rotatable bonds is 16. The Morgan fingerprint density at radius 2 is 1.25 bits per heavy atom. The summed E-state index contributed by atoms with van der Waals surface area (Å²) in [5, 5.41) is 4.62. The van der Waals surface area contributed by atoms with Gasteiger partial charge in [-0.3, -0.25) is 28.8 Å². The van der Waals surface area contributed by atoms with Crippen LogP contribution in [0.1, 0.15) is 38.5 Å². The predicted molar refractivity (Wildman–Crippen MR) is 107 cm³/mol. The molecule has 0 saturated carbocycles. The molecule has 15 heteroatoms. The average Bonchev–Trinajstić information content (AvgIpc) is 2.72. The molecule has 0 bridgehead atoms. The molecule has 174 valence electrons. The van der Waals surface area contributed by atoms with Crippen molar-refractivity contribution < 1.29 is 38.3 Å². The number of ketones is 2. The number of carbonyl (C=O) groups excluding carboxylic acids is 6. The first-order valence-electron chi connectivity index (χ1n) is 9.36. The van der Waals surface area contributed by atoms with Gasteiger partial charge in [0, 0.05) is 19.3 Å². The summed E-state index contributed by atoms with van der Waals surface area (Å²) < 4.78 is 0. The van der Waals surface area contributed by atoms with E-state index >= 15 is 0 Å². The molecule has 32 heavy (non-hydrogen) atoms. The Kier molecular flexibility index (Phi) is 13.0. The van der Waals surface area contributed by atoms with E-state index in [2.05, 4.69) is 20.2 Å². The minimum atomic E-state index is -1.31. The van der Waals surface area contributed by atoms with E-state index in [1.165, 1.54) is 0 Å². The van der Waals surface area contributed by atoms with Crippen LogP contribution in [0.15, 0.2) is 0 Å². The fourth-order valence-electron chi connectivity index (χ4n) is 2.35. The molecule has 0 fully saturated rings. The van der Waals surface area contributed by atoms with E-state index in [0.717, 1.165) is 0 Å². The highest BCUT2D eigenvalue weighted by Crippen LogP contribution is 2.04. The quantitative estimate of drug-likeness (QED) is 0.0889. The van der Waals surface area contributed by atoms with Crippen molar-refractivity contribution in [2.75, 3.05) is 0 Å². The third-order valence-corrected chi connectivity index (χ3v) is 4.12. The van der Waals surface area contributed by atoms with Gasteiger partial charge in [-0.1, -0.05) is 0 Å². The van der Waals surface area contributed by atoms with E-state index in [4.69, 9.17) is 28.3 Å². The summed E-state index contributed by atoms with van der Waals surface area (Å²) in [6.45, 7) is 0. The number of nitrogens with zero attached hydrogens (tertiary/aromatic N) is 4. The Balaban J connectivity index is 5.25. The van der Waals surface area contributed by atoms with E-state index in [1.54, 1.807) is 0 Å². The molecule has 3 atom stereocenters. The maximum absolute atomic E-state index is 12.6. The summed E-state index contributed by atoms with van der Waals surface area (Å²) in [5.74, 6) is -4.61. The molecule has 0 aliphatic rings. The van der Waals surface area contributed by atoms with E-state index < -0.39 is 53.3 Å². The predicted octanol–water partition coefficient (Wildman–Crippen LogP) is -3.67. The van der Waals surface area contributed by atoms with Crippen LogP contribution in [-0.4, -0.2) is 75.3 Å². The second kappa shape index (κ2) is 14.8. The number of Topliss-reactive ketones (excluding diaryl/α,β-unsaturated/α-hetero) is 2. The topological polar surface area (TPSA) is 277 Å². The molecule has 0 aromatic carbocycles. The summed E-state index contributed by atoms with van der Waals surface area (Å²) in [7, 11) is 0. The largest absolute Gasteiger partial charge is 0.368 e. The van der Waals surface area contributed by atoms with Gasteiger partial charge in [0.25, 0.3) is 0 Å². The van der Waals surface area contributed by atoms with Gasteiger partial charge >= 0.3 is 12.4 Å². The lowest BCUT2D eigenvalue weighted by molar-refractivity contribution is -0.132. The third kappa shape index (κ3) is 11.8. The van der Waals surface area contributed by atoms with Gasteiger partial charge in [0.1, 0.15) is 12.1 Å². The van der Waals surface area contributed by atoms with Crippen LogP contribution < -0.4 is 27.8 Å². The normalized spacial score (nSPS) is 12.7. The van der Waals surface area contributed by atoms with Crippen LogP contribution in [0.5, 0.6) is 0 Å². The Hall–Kier alpha value is -4.06. The molecule has 0 saturated heterocycles. The summed E-state index contributed by atoms with van der Waals surface area (Å²) in [6, 6.07) is -3.68.